The molecule has 1 N–H and O–H groups in total. The topological polar surface area (TPSA) is 85.1 Å². The number of aromatic nitrogens is 5. The first kappa shape index (κ1) is 16.0. The summed E-state index contributed by atoms with van der Waals surface area (Å²) in [6, 6.07) is 5.52. The molecule has 0 spiro atoms. The van der Waals surface area contributed by atoms with Crippen molar-refractivity contribution in [1.29, 1.82) is 0 Å². The Morgan fingerprint density at radius 3 is 2.60 bits per heavy atom. The maximum Gasteiger partial charge on any atom is 0.272 e. The standard InChI is InChI=1S/C17H18N6OS/c24-16(14-11-15-18-9-2-10-23(15)22-14)21-12-3-5-13(6-4-12)25-17-19-7-1-8-20-17/h1-2,7-13H,3-6H2,(H,21,24). The Morgan fingerprint density at radius 2 is 1.84 bits per heavy atom. The monoisotopic (exact) mass is 354 g/mol. The van der Waals surface area contributed by atoms with E-state index < -0.39 is 0 Å². The van der Waals surface area contributed by atoms with Gasteiger partial charge >= 0.3 is 0 Å². The minimum atomic E-state index is -0.131. The normalized spacial score (nSPS) is 20.5. The number of rotatable bonds is 4. The van der Waals surface area contributed by atoms with E-state index in [0.29, 0.717) is 16.6 Å². The van der Waals surface area contributed by atoms with Gasteiger partial charge in [-0.2, -0.15) is 5.10 Å². The molecule has 0 saturated heterocycles. The lowest BCUT2D eigenvalue weighted by Crippen LogP contribution is -2.38. The van der Waals surface area contributed by atoms with Gasteiger partial charge in [-0.25, -0.2) is 19.5 Å². The van der Waals surface area contributed by atoms with Gasteiger partial charge in [0.15, 0.2) is 16.5 Å². The molecule has 1 fully saturated rings. The van der Waals surface area contributed by atoms with Gasteiger partial charge in [-0.05, 0) is 37.8 Å². The lowest BCUT2D eigenvalue weighted by Gasteiger charge is -2.28. The van der Waals surface area contributed by atoms with E-state index in [1.807, 2.05) is 6.07 Å². The molecule has 3 aromatic rings. The van der Waals surface area contributed by atoms with Crippen molar-refractivity contribution in [1.82, 2.24) is 29.9 Å². The summed E-state index contributed by atoms with van der Waals surface area (Å²) in [5.41, 5.74) is 1.09. The predicted octanol–water partition coefficient (Wildman–Crippen LogP) is 2.35. The number of nitrogens with one attached hydrogen (secondary N) is 1. The van der Waals surface area contributed by atoms with Crippen LogP contribution in [0.15, 0.2) is 48.1 Å². The summed E-state index contributed by atoms with van der Waals surface area (Å²) < 4.78 is 1.61. The van der Waals surface area contributed by atoms with E-state index >= 15 is 0 Å². The molecule has 3 aromatic heterocycles. The fourth-order valence-corrected chi connectivity index (χ4v) is 4.07. The van der Waals surface area contributed by atoms with Gasteiger partial charge < -0.3 is 5.32 Å². The van der Waals surface area contributed by atoms with E-state index in [-0.39, 0.29) is 11.9 Å². The van der Waals surface area contributed by atoms with Crippen LogP contribution < -0.4 is 5.32 Å². The number of carbonyl (C=O) groups is 1. The number of amides is 1. The third-order valence-electron chi connectivity index (χ3n) is 4.29. The molecule has 0 bridgehead atoms. The molecule has 0 atom stereocenters. The SMILES string of the molecule is O=C(NC1CCC(Sc2ncccn2)CC1)c1cc2ncccn2n1. The second kappa shape index (κ2) is 7.18. The Kier molecular flexibility index (Phi) is 4.60. The number of hydrogen-bond donors (Lipinski definition) is 1. The molecule has 1 aliphatic carbocycles. The highest BCUT2D eigenvalue weighted by Gasteiger charge is 2.24. The summed E-state index contributed by atoms with van der Waals surface area (Å²) in [5.74, 6) is -0.131. The summed E-state index contributed by atoms with van der Waals surface area (Å²) in [5, 5.41) is 8.70. The Balaban J connectivity index is 1.31. The fourth-order valence-electron chi connectivity index (χ4n) is 3.02. The van der Waals surface area contributed by atoms with E-state index in [2.05, 4.69) is 25.4 Å². The average Bonchev–Trinajstić information content (AvgIpc) is 3.09. The fraction of sp³-hybridized carbons (Fsp3) is 0.353. The first-order valence-electron chi connectivity index (χ1n) is 8.33. The summed E-state index contributed by atoms with van der Waals surface area (Å²) >= 11 is 1.73. The van der Waals surface area contributed by atoms with Crippen LogP contribution in [0.2, 0.25) is 0 Å². The highest BCUT2D eigenvalue weighted by atomic mass is 32.2. The van der Waals surface area contributed by atoms with Crippen molar-refractivity contribution in [2.45, 2.75) is 42.1 Å². The zero-order valence-corrected chi connectivity index (χ0v) is 14.4. The van der Waals surface area contributed by atoms with Crippen molar-refractivity contribution in [2.24, 2.45) is 0 Å². The molecule has 3 heterocycles. The molecule has 1 aliphatic rings. The maximum absolute atomic E-state index is 12.4. The molecule has 0 radical (unpaired) electrons. The summed E-state index contributed by atoms with van der Waals surface area (Å²) in [7, 11) is 0. The number of hydrogen-bond acceptors (Lipinski definition) is 6. The Morgan fingerprint density at radius 1 is 1.08 bits per heavy atom. The molecule has 1 amide bonds. The van der Waals surface area contributed by atoms with Gasteiger partial charge in [-0.3, -0.25) is 4.79 Å². The van der Waals surface area contributed by atoms with Gasteiger partial charge in [-0.15, -0.1) is 0 Å². The summed E-state index contributed by atoms with van der Waals surface area (Å²) in [6.45, 7) is 0. The van der Waals surface area contributed by atoms with E-state index in [0.717, 1.165) is 30.8 Å². The van der Waals surface area contributed by atoms with Gasteiger partial charge in [0, 0.05) is 42.1 Å². The molecule has 128 valence electrons. The van der Waals surface area contributed by atoms with Crippen LogP contribution in [0.5, 0.6) is 0 Å². The number of carbonyl (C=O) groups excluding carboxylic acids is 1. The molecule has 7 nitrogen and oxygen atoms in total. The lowest BCUT2D eigenvalue weighted by molar-refractivity contribution is 0.0922. The van der Waals surface area contributed by atoms with E-state index in [1.165, 1.54) is 0 Å². The molecule has 0 aromatic carbocycles. The van der Waals surface area contributed by atoms with Gasteiger partial charge in [-0.1, -0.05) is 11.8 Å². The summed E-state index contributed by atoms with van der Waals surface area (Å²) in [4.78, 5) is 25.1. The molecule has 8 heteroatoms. The summed E-state index contributed by atoms with van der Waals surface area (Å²) in [6.07, 6.45) is 11.0. The highest BCUT2D eigenvalue weighted by molar-refractivity contribution is 7.99. The number of thioether (sulfide) groups is 1. The van der Waals surface area contributed by atoms with Crippen molar-refractivity contribution in [2.75, 3.05) is 0 Å². The molecule has 0 aliphatic heterocycles. The smallest absolute Gasteiger partial charge is 0.272 e. The molecule has 4 rings (SSSR count). The van der Waals surface area contributed by atoms with Crippen molar-refractivity contribution in [3.8, 4) is 0 Å². The van der Waals surface area contributed by atoms with Gasteiger partial charge in [0.1, 0.15) is 0 Å². The maximum atomic E-state index is 12.4. The third-order valence-corrected chi connectivity index (χ3v) is 5.52. The van der Waals surface area contributed by atoms with Gasteiger partial charge in [0.25, 0.3) is 5.91 Å². The molecule has 1 saturated carbocycles. The minimum Gasteiger partial charge on any atom is -0.348 e. The van der Waals surface area contributed by atoms with Crippen LogP contribution in [0.4, 0.5) is 0 Å². The second-order valence-corrected chi connectivity index (χ2v) is 7.32. The quantitative estimate of drug-likeness (QED) is 0.724. The van der Waals surface area contributed by atoms with Crippen LogP contribution in [0, 0.1) is 0 Å². The zero-order valence-electron chi connectivity index (χ0n) is 13.6. The first-order chi connectivity index (χ1) is 12.3. The van der Waals surface area contributed by atoms with Crippen LogP contribution >= 0.6 is 11.8 Å². The Hall–Kier alpha value is -2.48. The van der Waals surface area contributed by atoms with Crippen molar-refractivity contribution in [3.63, 3.8) is 0 Å². The van der Waals surface area contributed by atoms with Gasteiger partial charge in [0.05, 0.1) is 0 Å². The molecule has 0 unspecified atom stereocenters. The highest BCUT2D eigenvalue weighted by Crippen LogP contribution is 2.31. The van der Waals surface area contributed by atoms with E-state index in [9.17, 15) is 4.79 Å². The lowest BCUT2D eigenvalue weighted by atomic mass is 9.95. The van der Waals surface area contributed by atoms with Gasteiger partial charge in [0.2, 0.25) is 0 Å². The first-order valence-corrected chi connectivity index (χ1v) is 9.21. The van der Waals surface area contributed by atoms with E-state index in [1.54, 1.807) is 53.2 Å². The number of fused-ring (bicyclic) bond motifs is 1. The largest absolute Gasteiger partial charge is 0.348 e. The van der Waals surface area contributed by atoms with Crippen LogP contribution in [0.1, 0.15) is 36.2 Å². The number of nitrogens with zero attached hydrogens (tertiary/aromatic N) is 5. The molecule has 25 heavy (non-hydrogen) atoms. The van der Waals surface area contributed by atoms with Crippen LogP contribution in [0.3, 0.4) is 0 Å². The molecular formula is C17H18N6OS. The van der Waals surface area contributed by atoms with Crippen LogP contribution in [-0.2, 0) is 0 Å². The Labute approximate surface area is 149 Å². The minimum absolute atomic E-state index is 0.131. The van der Waals surface area contributed by atoms with Crippen molar-refractivity contribution >= 4 is 23.3 Å². The van der Waals surface area contributed by atoms with Crippen molar-refractivity contribution in [3.05, 3.63) is 48.7 Å². The van der Waals surface area contributed by atoms with Crippen molar-refractivity contribution < 1.29 is 4.79 Å². The second-order valence-electron chi connectivity index (χ2n) is 6.05. The Bertz CT molecular complexity index is 827. The molecular weight excluding hydrogens is 336 g/mol. The average molecular weight is 354 g/mol. The zero-order chi connectivity index (χ0) is 17.1. The third kappa shape index (κ3) is 3.79. The van der Waals surface area contributed by atoms with Crippen LogP contribution in [-0.4, -0.2) is 41.8 Å². The van der Waals surface area contributed by atoms with Crippen LogP contribution in [0.25, 0.3) is 5.65 Å². The van der Waals surface area contributed by atoms with E-state index in [4.69, 9.17) is 0 Å². The predicted molar refractivity (Wildman–Crippen MR) is 94.4 cm³/mol.